The molecule has 5 rings (SSSR count). The average Bonchev–Trinajstić information content (AvgIpc) is 3.13. The highest BCUT2D eigenvalue weighted by Gasteiger charge is 2.41. The Labute approximate surface area is 201 Å². The first kappa shape index (κ1) is 22.2. The molecule has 0 radical (unpaired) electrons. The lowest BCUT2D eigenvalue weighted by Crippen LogP contribution is -2.33. The van der Waals surface area contributed by atoms with Crippen LogP contribution in [0.5, 0.6) is 5.75 Å². The summed E-state index contributed by atoms with van der Waals surface area (Å²) in [5.74, 6) is 1.08. The summed E-state index contributed by atoms with van der Waals surface area (Å²) in [5.41, 5.74) is 3.23. The predicted octanol–water partition coefficient (Wildman–Crippen LogP) is 4.62. The van der Waals surface area contributed by atoms with Gasteiger partial charge in [0.1, 0.15) is 18.2 Å². The van der Waals surface area contributed by atoms with E-state index in [1.54, 1.807) is 29.0 Å². The van der Waals surface area contributed by atoms with Gasteiger partial charge in [0.2, 0.25) is 0 Å². The number of imidazole rings is 1. The van der Waals surface area contributed by atoms with Crippen LogP contribution in [0.3, 0.4) is 0 Å². The van der Waals surface area contributed by atoms with Crippen LogP contribution in [0.25, 0.3) is 16.7 Å². The molecule has 2 aromatic heterocycles. The summed E-state index contributed by atoms with van der Waals surface area (Å²) < 4.78 is 14.3. The number of benzene rings is 2. The van der Waals surface area contributed by atoms with Crippen LogP contribution in [0, 0.1) is 5.92 Å². The maximum atomic E-state index is 12.8. The standard InChI is InChI=1S/C26H24ClN3O4/c1-29-23-13-18(7-10-22(23)28-25(29)20-8-9-21(20)26(32)33-2)30-12-11-19(14-24(30)31)34-15-16-3-5-17(27)6-4-16/h3-7,10-14,20-21H,8-9,15H2,1-2H3. The lowest BCUT2D eigenvalue weighted by atomic mass is 9.73. The number of fused-ring (bicyclic) bond motifs is 1. The zero-order valence-electron chi connectivity index (χ0n) is 18.9. The molecule has 2 heterocycles. The van der Waals surface area contributed by atoms with Gasteiger partial charge < -0.3 is 14.0 Å². The van der Waals surface area contributed by atoms with E-state index in [-0.39, 0.29) is 23.4 Å². The molecule has 4 aromatic rings. The number of hydrogen-bond acceptors (Lipinski definition) is 5. The minimum atomic E-state index is -0.194. The zero-order valence-corrected chi connectivity index (χ0v) is 19.7. The Kier molecular flexibility index (Phi) is 5.87. The van der Waals surface area contributed by atoms with Crippen LogP contribution in [0.1, 0.15) is 30.1 Å². The summed E-state index contributed by atoms with van der Waals surface area (Å²) in [7, 11) is 3.36. The summed E-state index contributed by atoms with van der Waals surface area (Å²) in [4.78, 5) is 29.6. The van der Waals surface area contributed by atoms with E-state index < -0.39 is 0 Å². The minimum Gasteiger partial charge on any atom is -0.489 e. The maximum Gasteiger partial charge on any atom is 0.309 e. The van der Waals surface area contributed by atoms with Crippen LogP contribution in [0.4, 0.5) is 0 Å². The van der Waals surface area contributed by atoms with Crippen molar-refractivity contribution in [3.05, 3.63) is 87.6 Å². The number of methoxy groups -OCH3 is 1. The molecule has 0 aliphatic heterocycles. The fraction of sp³-hybridized carbons (Fsp3) is 0.269. The predicted molar refractivity (Wildman–Crippen MR) is 130 cm³/mol. The molecule has 0 N–H and O–H groups in total. The van der Waals surface area contributed by atoms with E-state index in [0.29, 0.717) is 17.4 Å². The molecule has 2 unspecified atom stereocenters. The number of hydrogen-bond donors (Lipinski definition) is 0. The van der Waals surface area contributed by atoms with Gasteiger partial charge in [0, 0.05) is 30.3 Å². The quantitative estimate of drug-likeness (QED) is 0.379. The van der Waals surface area contributed by atoms with Gasteiger partial charge in [-0.15, -0.1) is 0 Å². The van der Waals surface area contributed by atoms with Gasteiger partial charge in [0.25, 0.3) is 5.56 Å². The molecule has 0 spiro atoms. The van der Waals surface area contributed by atoms with Crippen LogP contribution in [-0.4, -0.2) is 27.2 Å². The van der Waals surface area contributed by atoms with Crippen LogP contribution < -0.4 is 10.3 Å². The third kappa shape index (κ3) is 4.07. The molecule has 1 aliphatic rings. The summed E-state index contributed by atoms with van der Waals surface area (Å²) in [6, 6.07) is 16.3. The minimum absolute atomic E-state index is 0.0492. The van der Waals surface area contributed by atoms with Gasteiger partial charge in [-0.1, -0.05) is 23.7 Å². The van der Waals surface area contributed by atoms with Gasteiger partial charge in [0.05, 0.1) is 29.7 Å². The number of carbonyl (C=O) groups excluding carboxylic acids is 1. The number of aromatic nitrogens is 3. The summed E-state index contributed by atoms with van der Waals surface area (Å²) in [6.45, 7) is 0.345. The van der Waals surface area contributed by atoms with Crippen molar-refractivity contribution in [2.24, 2.45) is 13.0 Å². The fourth-order valence-electron chi connectivity index (χ4n) is 4.43. The molecule has 1 fully saturated rings. The number of aryl methyl sites for hydroxylation is 1. The number of ether oxygens (including phenoxy) is 2. The van der Waals surface area contributed by atoms with Crippen LogP contribution in [0.15, 0.2) is 65.6 Å². The summed E-state index contributed by atoms with van der Waals surface area (Å²) >= 11 is 5.91. The fourth-order valence-corrected chi connectivity index (χ4v) is 4.56. The van der Waals surface area contributed by atoms with Gasteiger partial charge in [0.15, 0.2) is 0 Å². The van der Waals surface area contributed by atoms with Gasteiger partial charge in [-0.2, -0.15) is 0 Å². The first-order valence-electron chi connectivity index (χ1n) is 11.1. The van der Waals surface area contributed by atoms with Gasteiger partial charge in [-0.3, -0.25) is 14.2 Å². The number of pyridine rings is 1. The average molecular weight is 478 g/mol. The Balaban J connectivity index is 1.38. The highest BCUT2D eigenvalue weighted by Crippen LogP contribution is 2.43. The van der Waals surface area contributed by atoms with E-state index in [4.69, 9.17) is 26.1 Å². The van der Waals surface area contributed by atoms with E-state index in [1.807, 2.05) is 41.9 Å². The molecule has 7 nitrogen and oxygen atoms in total. The Bertz CT molecular complexity index is 1420. The second kappa shape index (κ2) is 8.99. The SMILES string of the molecule is COC(=O)C1CCC1c1nc2ccc(-n3ccc(OCc4ccc(Cl)cc4)cc3=O)cc2n1C. The monoisotopic (exact) mass is 477 g/mol. The van der Waals surface area contributed by atoms with E-state index in [2.05, 4.69) is 0 Å². The second-order valence-corrected chi connectivity index (χ2v) is 8.94. The molecular formula is C26H24ClN3O4. The first-order valence-corrected chi connectivity index (χ1v) is 11.5. The Morgan fingerprint density at radius 3 is 2.59 bits per heavy atom. The molecule has 0 saturated heterocycles. The number of rotatable bonds is 6. The molecule has 8 heteroatoms. The number of nitrogens with zero attached hydrogens (tertiary/aromatic N) is 3. The highest BCUT2D eigenvalue weighted by molar-refractivity contribution is 6.30. The van der Waals surface area contributed by atoms with Crippen molar-refractivity contribution in [2.75, 3.05) is 7.11 Å². The van der Waals surface area contributed by atoms with E-state index >= 15 is 0 Å². The zero-order chi connectivity index (χ0) is 23.8. The van der Waals surface area contributed by atoms with Crippen LogP contribution in [0.2, 0.25) is 5.02 Å². The number of carbonyl (C=O) groups is 1. The maximum absolute atomic E-state index is 12.8. The van der Waals surface area contributed by atoms with Crippen molar-refractivity contribution in [3.8, 4) is 11.4 Å². The van der Waals surface area contributed by atoms with Gasteiger partial charge in [-0.05, 0) is 54.8 Å². The van der Waals surface area contributed by atoms with E-state index in [1.165, 1.54) is 13.2 Å². The third-order valence-corrected chi connectivity index (χ3v) is 6.75. The van der Waals surface area contributed by atoms with Gasteiger partial charge >= 0.3 is 5.97 Å². The van der Waals surface area contributed by atoms with Crippen molar-refractivity contribution in [1.29, 1.82) is 0 Å². The van der Waals surface area contributed by atoms with Gasteiger partial charge in [-0.25, -0.2) is 4.98 Å². The van der Waals surface area contributed by atoms with Crippen LogP contribution in [-0.2, 0) is 23.2 Å². The molecule has 34 heavy (non-hydrogen) atoms. The van der Waals surface area contributed by atoms with Crippen LogP contribution >= 0.6 is 11.6 Å². The molecule has 1 saturated carbocycles. The topological polar surface area (TPSA) is 75.3 Å². The highest BCUT2D eigenvalue weighted by atomic mass is 35.5. The lowest BCUT2D eigenvalue weighted by molar-refractivity contribution is -0.149. The smallest absolute Gasteiger partial charge is 0.309 e. The Hall–Kier alpha value is -3.58. The molecule has 2 aromatic carbocycles. The molecule has 174 valence electrons. The van der Waals surface area contributed by atoms with Crippen molar-refractivity contribution in [3.63, 3.8) is 0 Å². The largest absolute Gasteiger partial charge is 0.489 e. The third-order valence-electron chi connectivity index (χ3n) is 6.50. The Morgan fingerprint density at radius 1 is 1.12 bits per heavy atom. The number of esters is 1. The molecule has 0 bridgehead atoms. The molecule has 0 amide bonds. The van der Waals surface area contributed by atoms with Crippen molar-refractivity contribution < 1.29 is 14.3 Å². The molecular weight excluding hydrogens is 454 g/mol. The molecule has 1 aliphatic carbocycles. The van der Waals surface area contributed by atoms with Crippen molar-refractivity contribution in [1.82, 2.24) is 14.1 Å². The first-order chi connectivity index (χ1) is 16.4. The lowest BCUT2D eigenvalue weighted by Gasteiger charge is -2.33. The molecule has 2 atom stereocenters. The van der Waals surface area contributed by atoms with Crippen molar-refractivity contribution >= 4 is 28.6 Å². The second-order valence-electron chi connectivity index (χ2n) is 8.50. The summed E-state index contributed by atoms with van der Waals surface area (Å²) in [5, 5.41) is 0.667. The number of halogens is 1. The van der Waals surface area contributed by atoms with E-state index in [0.717, 1.165) is 41.0 Å². The normalized spacial score (nSPS) is 17.4. The Morgan fingerprint density at radius 2 is 1.91 bits per heavy atom. The van der Waals surface area contributed by atoms with Crippen molar-refractivity contribution in [2.45, 2.75) is 25.4 Å². The summed E-state index contributed by atoms with van der Waals surface area (Å²) in [6.07, 6.45) is 3.42. The van der Waals surface area contributed by atoms with E-state index in [9.17, 15) is 9.59 Å².